The Labute approximate surface area is 171 Å². The molecule has 5 rings (SSSR count). The van der Waals surface area contributed by atoms with Crippen LogP contribution in [-0.2, 0) is 0 Å². The van der Waals surface area contributed by atoms with Gasteiger partial charge in [-0.2, -0.15) is 0 Å². The standard InChI is InChI=1S/C27H24N2/c1-17-9-7-8-12-21(17)25-16-19(3)29-27-23(25)14-13-22-24(15-18(2)28-26(22)27)20-10-5-4-6-11-20/h4-17,21H,1-3H3. The molecule has 29 heavy (non-hydrogen) atoms. The number of aromatic nitrogens is 2. The second-order valence-electron chi connectivity index (χ2n) is 8.04. The molecule has 2 aromatic carbocycles. The van der Waals surface area contributed by atoms with Crippen LogP contribution in [0.2, 0.25) is 0 Å². The first-order chi connectivity index (χ1) is 14.1. The first kappa shape index (κ1) is 17.8. The Morgan fingerprint density at radius 3 is 2.14 bits per heavy atom. The number of fused-ring (bicyclic) bond motifs is 3. The number of rotatable bonds is 2. The molecule has 2 aromatic heterocycles. The highest BCUT2D eigenvalue weighted by molar-refractivity contribution is 6.09. The van der Waals surface area contributed by atoms with Crippen LogP contribution in [-0.4, -0.2) is 9.97 Å². The minimum absolute atomic E-state index is 0.361. The largest absolute Gasteiger partial charge is 0.251 e. The zero-order valence-corrected chi connectivity index (χ0v) is 17.1. The van der Waals surface area contributed by atoms with Crippen molar-refractivity contribution in [1.29, 1.82) is 0 Å². The van der Waals surface area contributed by atoms with Crippen LogP contribution in [0.4, 0.5) is 0 Å². The molecule has 0 saturated heterocycles. The number of allylic oxidation sites excluding steroid dienone is 4. The molecule has 4 aromatic rings. The molecule has 0 aliphatic heterocycles. The number of hydrogen-bond acceptors (Lipinski definition) is 2. The van der Waals surface area contributed by atoms with E-state index in [-0.39, 0.29) is 0 Å². The summed E-state index contributed by atoms with van der Waals surface area (Å²) < 4.78 is 0. The molecule has 2 atom stereocenters. The summed E-state index contributed by atoms with van der Waals surface area (Å²) >= 11 is 0. The maximum atomic E-state index is 4.96. The van der Waals surface area contributed by atoms with Crippen molar-refractivity contribution in [2.75, 3.05) is 0 Å². The number of nitrogens with zero attached hydrogens (tertiary/aromatic N) is 2. The minimum atomic E-state index is 0.361. The predicted octanol–water partition coefficient (Wildman–Crippen LogP) is 6.91. The topological polar surface area (TPSA) is 25.8 Å². The van der Waals surface area contributed by atoms with Gasteiger partial charge in [0.05, 0.1) is 11.0 Å². The van der Waals surface area contributed by atoms with Crippen LogP contribution in [0.25, 0.3) is 32.9 Å². The lowest BCUT2D eigenvalue weighted by Crippen LogP contribution is -2.09. The van der Waals surface area contributed by atoms with Gasteiger partial charge in [0.15, 0.2) is 0 Å². The molecule has 2 heterocycles. The normalized spacial score (nSPS) is 18.6. The quantitative estimate of drug-likeness (QED) is 0.355. The molecule has 0 saturated carbocycles. The van der Waals surface area contributed by atoms with Crippen molar-refractivity contribution >= 4 is 21.8 Å². The van der Waals surface area contributed by atoms with Gasteiger partial charge in [0.2, 0.25) is 0 Å². The van der Waals surface area contributed by atoms with Gasteiger partial charge in [0, 0.05) is 28.1 Å². The van der Waals surface area contributed by atoms with Crippen molar-refractivity contribution < 1.29 is 0 Å². The van der Waals surface area contributed by atoms with E-state index in [4.69, 9.17) is 9.97 Å². The van der Waals surface area contributed by atoms with E-state index in [2.05, 4.69) is 99.7 Å². The first-order valence-electron chi connectivity index (χ1n) is 10.2. The van der Waals surface area contributed by atoms with Gasteiger partial charge in [-0.15, -0.1) is 0 Å². The fourth-order valence-corrected chi connectivity index (χ4v) is 4.50. The lowest BCUT2D eigenvalue weighted by atomic mass is 9.82. The molecule has 0 amide bonds. The highest BCUT2D eigenvalue weighted by Crippen LogP contribution is 2.38. The Kier molecular flexibility index (Phi) is 4.28. The fraction of sp³-hybridized carbons (Fsp3) is 0.185. The first-order valence-corrected chi connectivity index (χ1v) is 10.2. The van der Waals surface area contributed by atoms with Crippen LogP contribution in [0.3, 0.4) is 0 Å². The second-order valence-corrected chi connectivity index (χ2v) is 8.04. The van der Waals surface area contributed by atoms with E-state index in [1.54, 1.807) is 0 Å². The molecule has 2 unspecified atom stereocenters. The monoisotopic (exact) mass is 376 g/mol. The molecular formula is C27H24N2. The van der Waals surface area contributed by atoms with Gasteiger partial charge in [0.1, 0.15) is 0 Å². The Morgan fingerprint density at radius 1 is 0.724 bits per heavy atom. The van der Waals surface area contributed by atoms with Crippen LogP contribution in [0.15, 0.2) is 78.9 Å². The summed E-state index contributed by atoms with van der Waals surface area (Å²) in [6, 6.07) is 19.4. The van der Waals surface area contributed by atoms with Crippen molar-refractivity contribution in [3.8, 4) is 11.1 Å². The SMILES string of the molecule is Cc1cc(-c2ccccc2)c2ccc3c(C4C=CC=CC4C)cc(C)nc3c2n1. The summed E-state index contributed by atoms with van der Waals surface area (Å²) in [5, 5.41) is 2.36. The molecule has 1 aliphatic rings. The van der Waals surface area contributed by atoms with Gasteiger partial charge < -0.3 is 0 Å². The number of hydrogen-bond donors (Lipinski definition) is 0. The summed E-state index contributed by atoms with van der Waals surface area (Å²) in [4.78, 5) is 9.90. The van der Waals surface area contributed by atoms with E-state index in [9.17, 15) is 0 Å². The Bertz CT molecular complexity index is 1280. The van der Waals surface area contributed by atoms with Crippen LogP contribution in [0.5, 0.6) is 0 Å². The van der Waals surface area contributed by atoms with Gasteiger partial charge in [-0.05, 0) is 48.6 Å². The fourth-order valence-electron chi connectivity index (χ4n) is 4.50. The Balaban J connectivity index is 1.83. The molecule has 0 N–H and O–H groups in total. The third-order valence-corrected chi connectivity index (χ3v) is 5.90. The third-order valence-electron chi connectivity index (χ3n) is 5.90. The van der Waals surface area contributed by atoms with Gasteiger partial charge >= 0.3 is 0 Å². The van der Waals surface area contributed by atoms with Crippen molar-refractivity contribution in [3.05, 3.63) is 95.9 Å². The Hall–Kier alpha value is -3.26. The second kappa shape index (κ2) is 6.97. The molecule has 2 nitrogen and oxygen atoms in total. The lowest BCUT2D eigenvalue weighted by Gasteiger charge is -2.23. The molecule has 142 valence electrons. The predicted molar refractivity (Wildman–Crippen MR) is 122 cm³/mol. The summed E-state index contributed by atoms with van der Waals surface area (Å²) in [5.74, 6) is 0.825. The zero-order chi connectivity index (χ0) is 20.0. The third kappa shape index (κ3) is 3.05. The minimum Gasteiger partial charge on any atom is -0.251 e. The average molecular weight is 377 g/mol. The molecule has 0 fully saturated rings. The van der Waals surface area contributed by atoms with Crippen molar-refractivity contribution in [3.63, 3.8) is 0 Å². The van der Waals surface area contributed by atoms with Crippen LogP contribution < -0.4 is 0 Å². The van der Waals surface area contributed by atoms with E-state index in [1.165, 1.54) is 22.1 Å². The lowest BCUT2D eigenvalue weighted by molar-refractivity contribution is 0.638. The van der Waals surface area contributed by atoms with Gasteiger partial charge in [-0.25, -0.2) is 0 Å². The summed E-state index contributed by atoms with van der Waals surface area (Å²) in [7, 11) is 0. The van der Waals surface area contributed by atoms with E-state index in [0.717, 1.165) is 27.8 Å². The zero-order valence-electron chi connectivity index (χ0n) is 17.1. The summed E-state index contributed by atoms with van der Waals surface area (Å²) in [5.41, 5.74) is 7.83. The summed E-state index contributed by atoms with van der Waals surface area (Å²) in [6.07, 6.45) is 8.89. The van der Waals surface area contributed by atoms with Gasteiger partial charge in [-0.1, -0.05) is 73.7 Å². The van der Waals surface area contributed by atoms with Crippen molar-refractivity contribution in [2.45, 2.75) is 26.7 Å². The number of aryl methyl sites for hydroxylation is 2. The van der Waals surface area contributed by atoms with Crippen molar-refractivity contribution in [2.24, 2.45) is 5.92 Å². The maximum Gasteiger partial charge on any atom is 0.0974 e. The molecule has 1 aliphatic carbocycles. The van der Waals surface area contributed by atoms with Crippen LogP contribution >= 0.6 is 0 Å². The highest BCUT2D eigenvalue weighted by atomic mass is 14.8. The molecule has 0 radical (unpaired) electrons. The van der Waals surface area contributed by atoms with Gasteiger partial charge in [0.25, 0.3) is 0 Å². The molecule has 2 heteroatoms. The highest BCUT2D eigenvalue weighted by Gasteiger charge is 2.21. The van der Waals surface area contributed by atoms with E-state index >= 15 is 0 Å². The van der Waals surface area contributed by atoms with Crippen LogP contribution in [0.1, 0.15) is 29.8 Å². The summed E-state index contributed by atoms with van der Waals surface area (Å²) in [6.45, 7) is 6.43. The van der Waals surface area contributed by atoms with Crippen LogP contribution in [0, 0.1) is 19.8 Å². The van der Waals surface area contributed by atoms with Crippen molar-refractivity contribution in [1.82, 2.24) is 9.97 Å². The van der Waals surface area contributed by atoms with E-state index in [1.807, 2.05) is 0 Å². The number of benzene rings is 2. The number of pyridine rings is 2. The molecular weight excluding hydrogens is 352 g/mol. The molecule has 0 spiro atoms. The average Bonchev–Trinajstić information content (AvgIpc) is 2.73. The molecule has 0 bridgehead atoms. The smallest absolute Gasteiger partial charge is 0.0974 e. The van der Waals surface area contributed by atoms with E-state index < -0.39 is 0 Å². The maximum absolute atomic E-state index is 4.96. The van der Waals surface area contributed by atoms with Gasteiger partial charge in [-0.3, -0.25) is 9.97 Å². The Morgan fingerprint density at radius 2 is 1.38 bits per heavy atom. The van der Waals surface area contributed by atoms with E-state index in [0.29, 0.717) is 11.8 Å².